The molecule has 2 nitrogen and oxygen atoms in total. The molecule has 0 atom stereocenters. The number of halogens is 1. The Morgan fingerprint density at radius 3 is 2.55 bits per heavy atom. The summed E-state index contributed by atoms with van der Waals surface area (Å²) in [5, 5.41) is 8.57. The van der Waals surface area contributed by atoms with Gasteiger partial charge in [-0.2, -0.15) is 0 Å². The van der Waals surface area contributed by atoms with Crippen LogP contribution < -0.4 is 5.46 Å². The molecule has 0 aliphatic carbocycles. The summed E-state index contributed by atoms with van der Waals surface area (Å²) in [4.78, 5) is 10.4. The summed E-state index contributed by atoms with van der Waals surface area (Å²) >= 11 is 2.02. The van der Waals surface area contributed by atoms with Crippen LogP contribution in [0.15, 0.2) is 18.2 Å². The highest BCUT2D eigenvalue weighted by Crippen LogP contribution is 2.05. The van der Waals surface area contributed by atoms with Crippen molar-refractivity contribution in [3.8, 4) is 0 Å². The summed E-state index contributed by atoms with van der Waals surface area (Å²) in [5.41, 5.74) is 0.712. The third kappa shape index (κ3) is 2.22. The Labute approximate surface area is 79.2 Å². The largest absolute Gasteiger partial charge is 0.478 e. The van der Waals surface area contributed by atoms with E-state index in [9.17, 15) is 4.79 Å². The van der Waals surface area contributed by atoms with Gasteiger partial charge >= 0.3 is 5.97 Å². The van der Waals surface area contributed by atoms with Gasteiger partial charge in [0.05, 0.1) is 5.56 Å². The minimum Gasteiger partial charge on any atom is -0.478 e. The molecule has 0 fully saturated rings. The molecule has 0 aromatic heterocycles. The Bertz CT molecular complexity index is 278. The lowest BCUT2D eigenvalue weighted by atomic mass is 9.95. The standard InChI is InChI=1S/C7H4BIO2/c8-5-1-4(7(10)11)2-6(9)3-5/h1-3H,(H,10,11). The number of carboxylic acids is 1. The zero-order valence-electron chi connectivity index (χ0n) is 5.54. The van der Waals surface area contributed by atoms with Crippen molar-refractivity contribution in [2.75, 3.05) is 0 Å². The first kappa shape index (κ1) is 8.58. The minimum atomic E-state index is -0.949. The fraction of sp³-hybridized carbons (Fsp3) is 0. The Hall–Kier alpha value is -0.515. The van der Waals surface area contributed by atoms with Gasteiger partial charge in [-0.05, 0) is 28.7 Å². The summed E-state index contributed by atoms with van der Waals surface area (Å²) in [6.07, 6.45) is 0. The summed E-state index contributed by atoms with van der Waals surface area (Å²) < 4.78 is 0.833. The first-order chi connectivity index (χ1) is 5.09. The van der Waals surface area contributed by atoms with Gasteiger partial charge in [0.1, 0.15) is 7.85 Å². The zero-order valence-corrected chi connectivity index (χ0v) is 7.70. The predicted molar refractivity (Wildman–Crippen MR) is 51.5 cm³/mol. The van der Waals surface area contributed by atoms with Crippen molar-refractivity contribution in [3.63, 3.8) is 0 Å². The second-order valence-corrected chi connectivity index (χ2v) is 3.32. The Morgan fingerprint density at radius 2 is 2.09 bits per heavy atom. The van der Waals surface area contributed by atoms with E-state index < -0.39 is 5.97 Å². The van der Waals surface area contributed by atoms with Crippen LogP contribution in [0.25, 0.3) is 0 Å². The monoisotopic (exact) mass is 258 g/mol. The summed E-state index contributed by atoms with van der Waals surface area (Å²) in [7, 11) is 5.43. The quantitative estimate of drug-likeness (QED) is 0.597. The number of hydrogen-bond acceptors (Lipinski definition) is 1. The van der Waals surface area contributed by atoms with Crippen molar-refractivity contribution in [3.05, 3.63) is 27.3 Å². The first-order valence-corrected chi connectivity index (χ1v) is 3.97. The predicted octanol–water partition coefficient (Wildman–Crippen LogP) is 0.783. The Kier molecular flexibility index (Phi) is 2.54. The molecule has 1 aromatic rings. The van der Waals surface area contributed by atoms with E-state index in [1.54, 1.807) is 12.1 Å². The lowest BCUT2D eigenvalue weighted by Crippen LogP contribution is -2.07. The maximum Gasteiger partial charge on any atom is 0.335 e. The van der Waals surface area contributed by atoms with Gasteiger partial charge in [-0.15, -0.1) is 0 Å². The van der Waals surface area contributed by atoms with Crippen molar-refractivity contribution in [2.45, 2.75) is 0 Å². The normalized spacial score (nSPS) is 9.55. The molecule has 0 heterocycles. The molecule has 1 aromatic carbocycles. The number of benzene rings is 1. The van der Waals surface area contributed by atoms with Gasteiger partial charge in [-0.25, -0.2) is 4.79 Å². The highest BCUT2D eigenvalue weighted by molar-refractivity contribution is 14.1. The van der Waals surface area contributed by atoms with E-state index in [4.69, 9.17) is 13.0 Å². The number of carboxylic acid groups (broad SMARTS) is 1. The molecule has 0 saturated carbocycles. The topological polar surface area (TPSA) is 37.3 Å². The second kappa shape index (κ2) is 3.25. The zero-order chi connectivity index (χ0) is 8.43. The Morgan fingerprint density at radius 1 is 1.45 bits per heavy atom. The molecular weight excluding hydrogens is 254 g/mol. The molecule has 0 bridgehead atoms. The van der Waals surface area contributed by atoms with Gasteiger partial charge in [-0.3, -0.25) is 0 Å². The maximum atomic E-state index is 10.4. The van der Waals surface area contributed by atoms with Crippen molar-refractivity contribution >= 4 is 41.9 Å². The minimum absolute atomic E-state index is 0.231. The van der Waals surface area contributed by atoms with E-state index in [0.29, 0.717) is 5.46 Å². The second-order valence-electron chi connectivity index (χ2n) is 2.08. The molecule has 1 N–H and O–H groups in total. The number of aromatic carboxylic acids is 1. The van der Waals surface area contributed by atoms with Gasteiger partial charge < -0.3 is 5.11 Å². The molecule has 11 heavy (non-hydrogen) atoms. The van der Waals surface area contributed by atoms with Crippen LogP contribution in [-0.4, -0.2) is 18.9 Å². The number of hydrogen-bond donors (Lipinski definition) is 1. The molecule has 0 saturated heterocycles. The summed E-state index contributed by atoms with van der Waals surface area (Å²) in [5.74, 6) is -0.949. The molecule has 1 rings (SSSR count). The third-order valence-corrected chi connectivity index (χ3v) is 1.79. The maximum absolute atomic E-state index is 10.4. The van der Waals surface area contributed by atoms with Gasteiger partial charge in [0, 0.05) is 3.57 Å². The highest BCUT2D eigenvalue weighted by atomic mass is 127. The first-order valence-electron chi connectivity index (χ1n) is 2.89. The van der Waals surface area contributed by atoms with E-state index >= 15 is 0 Å². The van der Waals surface area contributed by atoms with E-state index in [2.05, 4.69) is 0 Å². The molecule has 0 amide bonds. The molecule has 4 heteroatoms. The molecule has 54 valence electrons. The van der Waals surface area contributed by atoms with Crippen LogP contribution in [0.1, 0.15) is 10.4 Å². The summed E-state index contributed by atoms with van der Waals surface area (Å²) in [6.45, 7) is 0. The fourth-order valence-corrected chi connectivity index (χ4v) is 1.43. The van der Waals surface area contributed by atoms with Crippen LogP contribution in [0.3, 0.4) is 0 Å². The van der Waals surface area contributed by atoms with Crippen molar-refractivity contribution in [1.29, 1.82) is 0 Å². The average molecular weight is 258 g/mol. The van der Waals surface area contributed by atoms with E-state index in [1.807, 2.05) is 22.6 Å². The average Bonchev–Trinajstić information content (AvgIpc) is 1.85. The van der Waals surface area contributed by atoms with Gasteiger partial charge in [0.15, 0.2) is 0 Å². The molecular formula is C7H4BIO2. The van der Waals surface area contributed by atoms with Gasteiger partial charge in [0.25, 0.3) is 0 Å². The van der Waals surface area contributed by atoms with Crippen LogP contribution in [0.4, 0.5) is 0 Å². The molecule has 0 unspecified atom stereocenters. The molecule has 0 aliphatic heterocycles. The SMILES string of the molecule is [B]c1cc(I)cc(C(=O)O)c1. The number of carbonyl (C=O) groups is 1. The number of rotatable bonds is 1. The smallest absolute Gasteiger partial charge is 0.335 e. The highest BCUT2D eigenvalue weighted by Gasteiger charge is 2.02. The van der Waals surface area contributed by atoms with Crippen LogP contribution in [0, 0.1) is 3.57 Å². The fourth-order valence-electron chi connectivity index (χ4n) is 0.736. The lowest BCUT2D eigenvalue weighted by Gasteiger charge is -1.97. The van der Waals surface area contributed by atoms with E-state index in [0.717, 1.165) is 3.57 Å². The Balaban J connectivity index is 3.19. The van der Waals surface area contributed by atoms with Crippen molar-refractivity contribution < 1.29 is 9.90 Å². The van der Waals surface area contributed by atoms with Crippen LogP contribution >= 0.6 is 22.6 Å². The molecule has 0 aliphatic rings. The van der Waals surface area contributed by atoms with Crippen LogP contribution in [-0.2, 0) is 0 Å². The lowest BCUT2D eigenvalue weighted by molar-refractivity contribution is 0.0697. The molecule has 0 spiro atoms. The summed E-state index contributed by atoms with van der Waals surface area (Å²) in [6, 6.07) is 4.72. The van der Waals surface area contributed by atoms with Crippen LogP contribution in [0.5, 0.6) is 0 Å². The van der Waals surface area contributed by atoms with Gasteiger partial charge in [-0.1, -0.05) is 17.6 Å². The van der Waals surface area contributed by atoms with Crippen LogP contribution in [0.2, 0.25) is 0 Å². The van der Waals surface area contributed by atoms with E-state index in [-0.39, 0.29) is 5.56 Å². The van der Waals surface area contributed by atoms with E-state index in [1.165, 1.54) is 6.07 Å². The third-order valence-electron chi connectivity index (χ3n) is 1.17. The van der Waals surface area contributed by atoms with Gasteiger partial charge in [0.2, 0.25) is 0 Å². The van der Waals surface area contributed by atoms with Crippen molar-refractivity contribution in [1.82, 2.24) is 0 Å². The molecule has 2 radical (unpaired) electrons. The van der Waals surface area contributed by atoms with Crippen molar-refractivity contribution in [2.24, 2.45) is 0 Å².